The van der Waals surface area contributed by atoms with Crippen LogP contribution < -0.4 is 14.4 Å². The molecular formula is C59H59BFN3O9. The summed E-state index contributed by atoms with van der Waals surface area (Å²) < 4.78 is 40.6. The summed E-state index contributed by atoms with van der Waals surface area (Å²) in [5.41, 5.74) is 10.3. The molecule has 73 heavy (non-hydrogen) atoms. The van der Waals surface area contributed by atoms with Gasteiger partial charge in [-0.3, -0.25) is 19.4 Å². The topological polar surface area (TPSA) is 143 Å². The molecule has 6 aromatic rings. The first-order chi connectivity index (χ1) is 34.6. The van der Waals surface area contributed by atoms with E-state index in [0.717, 1.165) is 23.0 Å². The van der Waals surface area contributed by atoms with Gasteiger partial charge in [-0.15, -0.1) is 0 Å². The number of allylic oxidation sites excluding steroid dienone is 1. The van der Waals surface area contributed by atoms with Crippen molar-refractivity contribution in [2.45, 2.75) is 94.8 Å². The Morgan fingerprint density at radius 1 is 0.795 bits per heavy atom. The minimum absolute atomic E-state index is 0.0886. The highest BCUT2D eigenvalue weighted by atomic mass is 19.1. The molecular weight excluding hydrogens is 924 g/mol. The molecule has 2 aliphatic heterocycles. The fourth-order valence-corrected chi connectivity index (χ4v) is 10.2. The number of aryl methyl sites for hydroxylation is 2. The maximum absolute atomic E-state index is 16.0. The number of benzene rings is 5. The van der Waals surface area contributed by atoms with Gasteiger partial charge in [0, 0.05) is 57.2 Å². The quantitative estimate of drug-likeness (QED) is 0.0477. The lowest BCUT2D eigenvalue weighted by molar-refractivity contribution is -0.138. The van der Waals surface area contributed by atoms with Gasteiger partial charge in [-0.1, -0.05) is 51.1 Å². The number of fused-ring (bicyclic) bond motifs is 2. The Labute approximate surface area is 425 Å². The molecule has 12 nitrogen and oxygen atoms in total. The van der Waals surface area contributed by atoms with Gasteiger partial charge in [0.25, 0.3) is 5.91 Å². The van der Waals surface area contributed by atoms with E-state index < -0.39 is 25.0 Å². The summed E-state index contributed by atoms with van der Waals surface area (Å²) in [5, 5.41) is 1.20. The summed E-state index contributed by atoms with van der Waals surface area (Å²) in [6.45, 7) is 22.1. The number of amides is 1. The van der Waals surface area contributed by atoms with Crippen molar-refractivity contribution in [2.24, 2.45) is 4.99 Å². The number of carbonyl (C=O) groups excluding carboxylic acids is 5. The van der Waals surface area contributed by atoms with E-state index >= 15 is 4.32 Å². The number of aliphatic imine (C=N–C) groups is 1. The first kappa shape index (κ1) is 51.5. The van der Waals surface area contributed by atoms with E-state index in [9.17, 15) is 24.0 Å². The molecule has 0 N–H and O–H groups in total. The smallest absolute Gasteiger partial charge is 0.462 e. The second kappa shape index (κ2) is 20.0. The number of nitrogens with zero attached hydrogens (tertiary/aromatic N) is 3. The summed E-state index contributed by atoms with van der Waals surface area (Å²) in [7, 11) is 0.0786. The van der Waals surface area contributed by atoms with Gasteiger partial charge in [-0.2, -0.15) is 0 Å². The van der Waals surface area contributed by atoms with Gasteiger partial charge in [0.05, 0.1) is 42.2 Å². The Morgan fingerprint density at radius 3 is 2.05 bits per heavy atom. The van der Waals surface area contributed by atoms with Crippen molar-refractivity contribution in [3.05, 3.63) is 157 Å². The molecule has 5 aromatic carbocycles. The monoisotopic (exact) mass is 983 g/mol. The molecule has 1 aromatic heterocycles. The minimum atomic E-state index is -1.58. The van der Waals surface area contributed by atoms with Crippen LogP contribution in [0, 0.1) is 27.7 Å². The van der Waals surface area contributed by atoms with Gasteiger partial charge in [-0.25, -0.2) is 9.59 Å². The molecule has 14 heteroatoms. The van der Waals surface area contributed by atoms with Gasteiger partial charge in [0.2, 0.25) is 0 Å². The van der Waals surface area contributed by atoms with Crippen LogP contribution in [0.2, 0.25) is 6.82 Å². The molecule has 8 rings (SSSR count). The Hall–Kier alpha value is -7.87. The number of rotatable bonds is 13. The number of ether oxygens (including phenoxy) is 4. The molecule has 0 unspecified atom stereocenters. The highest BCUT2D eigenvalue weighted by Gasteiger charge is 2.36. The number of esters is 3. The fourth-order valence-electron chi connectivity index (χ4n) is 10.2. The molecule has 3 heterocycles. The van der Waals surface area contributed by atoms with E-state index in [1.54, 1.807) is 103 Å². The third-order valence-electron chi connectivity index (χ3n) is 13.7. The van der Waals surface area contributed by atoms with Crippen molar-refractivity contribution < 1.29 is 47.2 Å². The zero-order chi connectivity index (χ0) is 53.0. The molecule has 0 saturated carbocycles. The lowest BCUT2D eigenvalue weighted by atomic mass is 9.83. The van der Waals surface area contributed by atoms with Gasteiger partial charge in [0.1, 0.15) is 17.2 Å². The maximum Gasteiger partial charge on any atom is 0.462 e. The second-order valence-corrected chi connectivity index (χ2v) is 19.6. The molecule has 374 valence electrons. The van der Waals surface area contributed by atoms with Crippen LogP contribution >= 0.6 is 0 Å². The third kappa shape index (κ3) is 9.30. The third-order valence-corrected chi connectivity index (χ3v) is 13.7. The van der Waals surface area contributed by atoms with Crippen molar-refractivity contribution in [3.63, 3.8) is 0 Å². The SMILES string of the molecule is CCOC(=O)C1=C(C)/C(=C(\c2c(C)cc(OC(=O)Cc3ccc(N(C)C(=O)c4ccc5c6c(ccc(C=O)c46)-c4cc(C(C)(C)C)ccc4O5)cc3)cc2C)c2c(C)c(C(=O)OCC)c(C)n2B(C)F)N=C1C. The molecule has 0 atom stereocenters. The average Bonchev–Trinajstić information content (AvgIpc) is 3.78. The molecule has 0 fully saturated rings. The second-order valence-electron chi connectivity index (χ2n) is 19.6. The highest BCUT2D eigenvalue weighted by Crippen LogP contribution is 2.49. The highest BCUT2D eigenvalue weighted by molar-refractivity contribution is 6.48. The van der Waals surface area contributed by atoms with Crippen LogP contribution in [0.1, 0.15) is 124 Å². The summed E-state index contributed by atoms with van der Waals surface area (Å²) in [5.74, 6) is -0.461. The normalized spacial score (nSPS) is 13.5. The summed E-state index contributed by atoms with van der Waals surface area (Å²) >= 11 is 0. The van der Waals surface area contributed by atoms with E-state index in [4.69, 9.17) is 23.9 Å². The lowest BCUT2D eigenvalue weighted by Gasteiger charge is -2.27. The lowest BCUT2D eigenvalue weighted by Crippen LogP contribution is -2.26. The summed E-state index contributed by atoms with van der Waals surface area (Å²) in [6.07, 6.45) is 0.670. The Balaban J connectivity index is 1.08. The van der Waals surface area contributed by atoms with Crippen LogP contribution in [0.25, 0.3) is 27.5 Å². The standard InChI is InChI=1S/C59H59BFN3O9/c1-14-70-57(68)49-33(5)54(62-35(49)7)53(55-34(6)50(58(69)71-15-2)36(8)64(55)60(12)61)48-31(3)26-41(27-32(48)4)72-47(66)28-37-16-20-40(21-17-37)63(13)56(67)43-23-25-46-52-42(22-18-38(30-65)51(43)52)44-29-39(59(9,10)11)19-24-45(44)73-46/h16-27,29-30H,14-15,28H2,1-13H3/b54-53-. The molecule has 1 amide bonds. The van der Waals surface area contributed by atoms with Gasteiger partial charge >= 0.3 is 25.0 Å². The molecule has 0 radical (unpaired) electrons. The van der Waals surface area contributed by atoms with Crippen LogP contribution in [-0.4, -0.2) is 67.7 Å². The van der Waals surface area contributed by atoms with Crippen molar-refractivity contribution >= 4 is 65.0 Å². The van der Waals surface area contributed by atoms with E-state index in [2.05, 4.69) is 32.9 Å². The van der Waals surface area contributed by atoms with Crippen LogP contribution in [0.15, 0.2) is 101 Å². The number of halogens is 1. The number of anilines is 1. The summed E-state index contributed by atoms with van der Waals surface area (Å²) in [6, 6.07) is 23.7. The van der Waals surface area contributed by atoms with Gasteiger partial charge < -0.3 is 32.6 Å². The predicted molar refractivity (Wildman–Crippen MR) is 284 cm³/mol. The summed E-state index contributed by atoms with van der Waals surface area (Å²) in [4.78, 5) is 73.6. The van der Waals surface area contributed by atoms with Crippen molar-refractivity contribution in [2.75, 3.05) is 25.2 Å². The van der Waals surface area contributed by atoms with Gasteiger partial charge in [0.15, 0.2) is 6.29 Å². The minimum Gasteiger partial charge on any atom is -0.462 e. The first-order valence-corrected chi connectivity index (χ1v) is 24.4. The molecule has 0 saturated heterocycles. The predicted octanol–water partition coefficient (Wildman–Crippen LogP) is 12.4. The fraction of sp³-hybridized carbons (Fsp3) is 0.288. The van der Waals surface area contributed by atoms with Crippen LogP contribution in [0.5, 0.6) is 17.2 Å². The molecule has 0 bridgehead atoms. The first-order valence-electron chi connectivity index (χ1n) is 24.4. The zero-order valence-electron chi connectivity index (χ0n) is 43.7. The van der Waals surface area contributed by atoms with Crippen LogP contribution in [0.3, 0.4) is 0 Å². The van der Waals surface area contributed by atoms with E-state index in [1.807, 2.05) is 26.0 Å². The number of carbonyl (C=O) groups is 5. The number of aromatic nitrogens is 1. The Morgan fingerprint density at radius 2 is 1.44 bits per heavy atom. The van der Waals surface area contributed by atoms with Crippen molar-refractivity contribution in [3.8, 4) is 28.4 Å². The van der Waals surface area contributed by atoms with Crippen LogP contribution in [-0.2, 0) is 30.9 Å². The van der Waals surface area contributed by atoms with E-state index in [1.165, 1.54) is 16.2 Å². The maximum atomic E-state index is 16.0. The van der Waals surface area contributed by atoms with Crippen LogP contribution in [0.4, 0.5) is 10.0 Å². The number of hydrogen-bond donors (Lipinski definition) is 0. The van der Waals surface area contributed by atoms with Crippen molar-refractivity contribution in [1.29, 1.82) is 0 Å². The van der Waals surface area contributed by atoms with Crippen molar-refractivity contribution in [1.82, 2.24) is 4.48 Å². The van der Waals surface area contributed by atoms with Gasteiger partial charge in [-0.05, 0) is 161 Å². The molecule has 0 spiro atoms. The van der Waals surface area contributed by atoms with E-state index in [-0.39, 0.29) is 42.3 Å². The number of aldehydes is 1. The zero-order valence-corrected chi connectivity index (χ0v) is 43.7. The Kier molecular flexibility index (Phi) is 14.1. The van der Waals surface area contributed by atoms with E-state index in [0.29, 0.717) is 106 Å². The largest absolute Gasteiger partial charge is 0.462 e. The molecule has 2 aliphatic rings. The molecule has 0 aliphatic carbocycles. The Bertz CT molecular complexity index is 3400. The number of hydrogen-bond acceptors (Lipinski definition) is 10. The average molecular weight is 984 g/mol.